The van der Waals surface area contributed by atoms with Gasteiger partial charge in [-0.1, -0.05) is 20.8 Å². The summed E-state index contributed by atoms with van der Waals surface area (Å²) in [4.78, 5) is 27.9. The van der Waals surface area contributed by atoms with Crippen molar-refractivity contribution in [1.29, 1.82) is 0 Å². The molecule has 0 saturated heterocycles. The zero-order chi connectivity index (χ0) is 12.9. The maximum atomic E-state index is 9.37. The number of aliphatic carboxylic acids is 3. The van der Waals surface area contributed by atoms with Crippen LogP contribution in [0.5, 0.6) is 0 Å². The molecular weight excluding hydrogens is 244 g/mol. The van der Waals surface area contributed by atoms with Crippen molar-refractivity contribution in [3.8, 4) is 0 Å². The van der Waals surface area contributed by atoms with Crippen LogP contribution >= 0.6 is 0 Å². The van der Waals surface area contributed by atoms with Gasteiger partial charge in [-0.2, -0.15) is 0 Å². The van der Waals surface area contributed by atoms with Crippen LogP contribution in [0.2, 0.25) is 0 Å². The van der Waals surface area contributed by atoms with E-state index in [1.54, 1.807) is 6.92 Å². The molecule has 0 aromatic carbocycles. The average Bonchev–Trinajstić information content (AvgIpc) is 2.19. The van der Waals surface area contributed by atoms with Crippen LogP contribution in [0.15, 0.2) is 0 Å². The predicted octanol–water partition coefficient (Wildman–Crippen LogP) is -1.61. The van der Waals surface area contributed by atoms with E-state index >= 15 is 0 Å². The summed E-state index contributed by atoms with van der Waals surface area (Å²) < 4.78 is 0. The van der Waals surface area contributed by atoms with Crippen molar-refractivity contribution < 1.29 is 29.7 Å². The molecule has 0 aliphatic heterocycles. The molecule has 0 atom stereocenters. The van der Waals surface area contributed by atoms with Gasteiger partial charge in [0.2, 0.25) is 0 Å². The maximum absolute atomic E-state index is 9.37. The second-order valence-corrected chi connectivity index (χ2v) is 2.20. The van der Waals surface area contributed by atoms with Gasteiger partial charge in [0.15, 0.2) is 0 Å². The van der Waals surface area contributed by atoms with Gasteiger partial charge in [0.1, 0.15) is 0 Å². The minimum absolute atomic E-state index is 0. The third-order valence-corrected chi connectivity index (χ3v) is 0.880. The number of rotatable bonds is 3. The summed E-state index contributed by atoms with van der Waals surface area (Å²) in [6.45, 7) is 4.67. The number of carbonyl (C=O) groups is 3. The van der Waals surface area contributed by atoms with E-state index in [0.29, 0.717) is 0 Å². The minimum Gasteiger partial charge on any atom is -0.550 e. The first-order valence-corrected chi connectivity index (χ1v) is 4.43. The molecule has 0 heterocycles. The Balaban J connectivity index is -0.0000000655. The Kier molecular flexibility index (Phi) is 31.2. The Morgan fingerprint density at radius 1 is 0.875 bits per heavy atom. The molecule has 0 aliphatic rings. The van der Waals surface area contributed by atoms with Crippen LogP contribution in [-0.4, -0.2) is 60.8 Å². The Morgan fingerprint density at radius 3 is 1.00 bits per heavy atom. The van der Waals surface area contributed by atoms with Gasteiger partial charge in [-0.25, -0.2) is 0 Å². The first-order valence-electron chi connectivity index (χ1n) is 4.43. The van der Waals surface area contributed by atoms with Gasteiger partial charge in [0.05, 0.1) is 0 Å². The van der Waals surface area contributed by atoms with E-state index in [1.165, 1.54) is 13.8 Å². The fourth-order valence-electron chi connectivity index (χ4n) is 0. The summed E-state index contributed by atoms with van der Waals surface area (Å²) in [5.74, 6) is -2.74. The van der Waals surface area contributed by atoms with E-state index in [4.69, 9.17) is 5.11 Å². The van der Waals surface area contributed by atoms with Crippen molar-refractivity contribution in [3.05, 3.63) is 0 Å². The molecular formula is C9H16CaO6. The van der Waals surface area contributed by atoms with Crippen LogP contribution in [0, 0.1) is 0 Å². The van der Waals surface area contributed by atoms with Gasteiger partial charge < -0.3 is 24.9 Å². The van der Waals surface area contributed by atoms with E-state index in [-0.39, 0.29) is 57.0 Å². The number of hydrogen-bond donors (Lipinski definition) is 1. The van der Waals surface area contributed by atoms with Gasteiger partial charge in [0.25, 0.3) is 0 Å². The molecule has 0 bridgehead atoms. The van der Waals surface area contributed by atoms with Crippen molar-refractivity contribution in [2.75, 3.05) is 0 Å². The summed E-state index contributed by atoms with van der Waals surface area (Å²) in [6, 6.07) is 0. The molecule has 7 heteroatoms. The normalized spacial score (nSPS) is 6.94. The Morgan fingerprint density at radius 2 is 1.00 bits per heavy atom. The SMILES string of the molecule is CCC(=O)O.CCC(=O)[O-].CCC(=O)[O-].[Ca+2]. The van der Waals surface area contributed by atoms with E-state index in [1.807, 2.05) is 0 Å². The monoisotopic (exact) mass is 260 g/mol. The van der Waals surface area contributed by atoms with E-state index in [9.17, 15) is 24.6 Å². The maximum Gasteiger partial charge on any atom is 2.00 e. The zero-order valence-electron chi connectivity index (χ0n) is 9.82. The molecule has 0 aromatic rings. The Labute approximate surface area is 125 Å². The molecule has 0 saturated carbocycles. The standard InChI is InChI=1S/3C3H6O2.Ca/c3*1-2-3(4)5;/h3*2H2,1H3,(H,4,5);/q;;;+2/p-2. The predicted molar refractivity (Wildman–Crippen MR) is 54.3 cm³/mol. The molecule has 6 nitrogen and oxygen atoms in total. The molecule has 0 aromatic heterocycles. The van der Waals surface area contributed by atoms with E-state index < -0.39 is 17.9 Å². The van der Waals surface area contributed by atoms with Crippen molar-refractivity contribution in [2.24, 2.45) is 0 Å². The van der Waals surface area contributed by atoms with Crippen molar-refractivity contribution in [1.82, 2.24) is 0 Å². The molecule has 0 spiro atoms. The third kappa shape index (κ3) is 68.3. The molecule has 0 rings (SSSR count). The second-order valence-electron chi connectivity index (χ2n) is 2.20. The number of hydrogen-bond acceptors (Lipinski definition) is 5. The van der Waals surface area contributed by atoms with Crippen molar-refractivity contribution >= 4 is 55.6 Å². The van der Waals surface area contributed by atoms with Crippen LogP contribution in [0.3, 0.4) is 0 Å². The molecule has 0 amide bonds. The van der Waals surface area contributed by atoms with Crippen LogP contribution < -0.4 is 10.2 Å². The van der Waals surface area contributed by atoms with Crippen LogP contribution in [0.4, 0.5) is 0 Å². The van der Waals surface area contributed by atoms with Gasteiger partial charge in [-0.3, -0.25) is 4.79 Å². The largest absolute Gasteiger partial charge is 2.00 e. The molecule has 0 unspecified atom stereocenters. The number of carboxylic acid groups (broad SMARTS) is 3. The smallest absolute Gasteiger partial charge is 0.550 e. The zero-order valence-corrected chi connectivity index (χ0v) is 12.0. The Hall–Kier alpha value is -0.330. The van der Waals surface area contributed by atoms with E-state index in [2.05, 4.69) is 0 Å². The average molecular weight is 260 g/mol. The van der Waals surface area contributed by atoms with Crippen LogP contribution in [-0.2, 0) is 14.4 Å². The molecule has 0 aliphatic carbocycles. The van der Waals surface area contributed by atoms with Crippen LogP contribution in [0.25, 0.3) is 0 Å². The summed E-state index contributed by atoms with van der Waals surface area (Å²) in [5.41, 5.74) is 0. The van der Waals surface area contributed by atoms with Gasteiger partial charge >= 0.3 is 43.7 Å². The van der Waals surface area contributed by atoms with Crippen molar-refractivity contribution in [3.63, 3.8) is 0 Å². The molecule has 1 N–H and O–H groups in total. The van der Waals surface area contributed by atoms with E-state index in [0.717, 1.165) is 0 Å². The first kappa shape index (κ1) is 24.8. The first-order chi connectivity index (χ1) is 6.81. The topological polar surface area (TPSA) is 118 Å². The third-order valence-electron chi connectivity index (χ3n) is 0.880. The molecule has 90 valence electrons. The van der Waals surface area contributed by atoms with Crippen LogP contribution in [0.1, 0.15) is 40.0 Å². The minimum atomic E-state index is -0.995. The molecule has 16 heavy (non-hydrogen) atoms. The second kappa shape index (κ2) is 20.1. The van der Waals surface area contributed by atoms with Gasteiger partial charge in [-0.05, 0) is 12.8 Å². The fourth-order valence-corrected chi connectivity index (χ4v) is 0. The quantitative estimate of drug-likeness (QED) is 0.610. The van der Waals surface area contributed by atoms with Gasteiger partial charge in [0, 0.05) is 18.4 Å². The number of carbonyl (C=O) groups excluding carboxylic acids is 2. The summed E-state index contributed by atoms with van der Waals surface area (Å²) in [5, 5.41) is 26.2. The number of carboxylic acids is 3. The summed E-state index contributed by atoms with van der Waals surface area (Å²) in [7, 11) is 0. The van der Waals surface area contributed by atoms with Crippen molar-refractivity contribution in [2.45, 2.75) is 40.0 Å². The molecule has 0 radical (unpaired) electrons. The Bertz CT molecular complexity index is 159. The van der Waals surface area contributed by atoms with Gasteiger partial charge in [-0.15, -0.1) is 0 Å². The fraction of sp³-hybridized carbons (Fsp3) is 0.667. The summed E-state index contributed by atoms with van der Waals surface area (Å²) in [6.07, 6.45) is 0.444. The molecule has 0 fully saturated rings. The summed E-state index contributed by atoms with van der Waals surface area (Å²) >= 11 is 0.